The zero-order chi connectivity index (χ0) is 14.4. The Kier molecular flexibility index (Phi) is 5.13. The van der Waals surface area contributed by atoms with E-state index in [-0.39, 0.29) is 11.6 Å². The molecule has 2 nitrogen and oxygen atoms in total. The van der Waals surface area contributed by atoms with Crippen LogP contribution >= 0.6 is 11.6 Å². The number of carbonyl (C=O) groups excluding carboxylic acids is 1. The molecule has 0 bridgehead atoms. The van der Waals surface area contributed by atoms with E-state index in [0.717, 1.165) is 5.75 Å². The first-order valence-corrected chi connectivity index (χ1v) is 6.70. The molecule has 0 saturated heterocycles. The molecule has 4 heteroatoms. The number of hydrogen-bond acceptors (Lipinski definition) is 2. The first-order valence-electron chi connectivity index (χ1n) is 6.32. The molecule has 0 aromatic heterocycles. The predicted octanol–water partition coefficient (Wildman–Crippen LogP) is 4.52. The molecule has 0 heterocycles. The van der Waals surface area contributed by atoms with Gasteiger partial charge in [-0.25, -0.2) is 4.39 Å². The number of benzene rings is 2. The van der Waals surface area contributed by atoms with E-state index < -0.39 is 0 Å². The minimum atomic E-state index is -0.340. The fourth-order valence-electron chi connectivity index (χ4n) is 1.73. The predicted molar refractivity (Wildman–Crippen MR) is 76.9 cm³/mol. The second-order valence-corrected chi connectivity index (χ2v) is 4.77. The molecule has 104 valence electrons. The molecule has 2 aromatic rings. The third kappa shape index (κ3) is 4.35. The van der Waals surface area contributed by atoms with Gasteiger partial charge in [0.2, 0.25) is 0 Å². The van der Waals surface area contributed by atoms with Crippen molar-refractivity contribution in [1.82, 2.24) is 0 Å². The third-order valence-corrected chi connectivity index (χ3v) is 3.05. The monoisotopic (exact) mass is 292 g/mol. The molecule has 2 rings (SSSR count). The molecule has 0 aliphatic carbocycles. The van der Waals surface area contributed by atoms with Crippen molar-refractivity contribution in [2.75, 3.05) is 6.61 Å². The SMILES string of the molecule is O=C(CCCOc1ccc(Cl)cc1)c1ccc(F)cc1. The van der Waals surface area contributed by atoms with E-state index in [1.54, 1.807) is 24.3 Å². The maximum atomic E-state index is 12.7. The summed E-state index contributed by atoms with van der Waals surface area (Å²) in [6.07, 6.45) is 0.984. The Balaban J connectivity index is 1.74. The van der Waals surface area contributed by atoms with Gasteiger partial charge in [-0.3, -0.25) is 4.79 Å². The van der Waals surface area contributed by atoms with Crippen LogP contribution in [-0.4, -0.2) is 12.4 Å². The van der Waals surface area contributed by atoms with Gasteiger partial charge in [0.1, 0.15) is 11.6 Å². The molecule has 0 N–H and O–H groups in total. The molecule has 0 amide bonds. The summed E-state index contributed by atoms with van der Waals surface area (Å²) in [6, 6.07) is 12.6. The lowest BCUT2D eigenvalue weighted by molar-refractivity contribution is 0.0973. The van der Waals surface area contributed by atoms with Gasteiger partial charge in [-0.15, -0.1) is 0 Å². The summed E-state index contributed by atoms with van der Waals surface area (Å²) >= 11 is 5.77. The second-order valence-electron chi connectivity index (χ2n) is 4.34. The number of hydrogen-bond donors (Lipinski definition) is 0. The van der Waals surface area contributed by atoms with Crippen molar-refractivity contribution >= 4 is 17.4 Å². The summed E-state index contributed by atoms with van der Waals surface area (Å²) in [5.74, 6) is 0.376. The molecule has 0 saturated carbocycles. The summed E-state index contributed by atoms with van der Waals surface area (Å²) in [4.78, 5) is 11.8. The highest BCUT2D eigenvalue weighted by atomic mass is 35.5. The van der Waals surface area contributed by atoms with Crippen LogP contribution in [0.1, 0.15) is 23.2 Å². The van der Waals surface area contributed by atoms with E-state index in [4.69, 9.17) is 16.3 Å². The molecular formula is C16H14ClFO2. The number of carbonyl (C=O) groups is 1. The fourth-order valence-corrected chi connectivity index (χ4v) is 1.86. The average molecular weight is 293 g/mol. The summed E-state index contributed by atoms with van der Waals surface area (Å²) in [5.41, 5.74) is 0.526. The Labute approximate surface area is 122 Å². The largest absolute Gasteiger partial charge is 0.494 e. The minimum absolute atomic E-state index is 0.00953. The van der Waals surface area contributed by atoms with Gasteiger partial charge in [-0.1, -0.05) is 11.6 Å². The van der Waals surface area contributed by atoms with Crippen LogP contribution in [0.25, 0.3) is 0 Å². The quantitative estimate of drug-likeness (QED) is 0.578. The molecule has 0 fully saturated rings. The van der Waals surface area contributed by atoms with E-state index in [2.05, 4.69) is 0 Å². The maximum absolute atomic E-state index is 12.7. The molecule has 0 atom stereocenters. The number of ether oxygens (including phenoxy) is 1. The lowest BCUT2D eigenvalue weighted by Crippen LogP contribution is -2.04. The molecule has 0 unspecified atom stereocenters. The van der Waals surface area contributed by atoms with Crippen LogP contribution in [0.3, 0.4) is 0 Å². The van der Waals surface area contributed by atoms with Crippen molar-refractivity contribution in [1.29, 1.82) is 0 Å². The smallest absolute Gasteiger partial charge is 0.163 e. The first kappa shape index (κ1) is 14.5. The van der Waals surface area contributed by atoms with E-state index in [9.17, 15) is 9.18 Å². The van der Waals surface area contributed by atoms with Crippen LogP contribution in [-0.2, 0) is 0 Å². The Morgan fingerprint density at radius 3 is 2.35 bits per heavy atom. The van der Waals surface area contributed by atoms with Crippen LogP contribution in [0, 0.1) is 5.82 Å². The van der Waals surface area contributed by atoms with E-state index >= 15 is 0 Å². The van der Waals surface area contributed by atoms with Crippen LogP contribution in [0.4, 0.5) is 4.39 Å². The Morgan fingerprint density at radius 1 is 1.05 bits per heavy atom. The summed E-state index contributed by atoms with van der Waals surface area (Å²) < 4.78 is 18.2. The first-order chi connectivity index (χ1) is 9.65. The molecule has 20 heavy (non-hydrogen) atoms. The van der Waals surface area contributed by atoms with Gasteiger partial charge in [0.15, 0.2) is 5.78 Å². The molecule has 0 spiro atoms. The molecular weight excluding hydrogens is 279 g/mol. The van der Waals surface area contributed by atoms with Crippen molar-refractivity contribution < 1.29 is 13.9 Å². The van der Waals surface area contributed by atoms with Gasteiger partial charge in [0.05, 0.1) is 6.61 Å². The lowest BCUT2D eigenvalue weighted by atomic mass is 10.1. The number of halogens is 2. The van der Waals surface area contributed by atoms with Gasteiger partial charge in [0, 0.05) is 17.0 Å². The highest BCUT2D eigenvalue weighted by Crippen LogP contribution is 2.16. The normalized spacial score (nSPS) is 10.3. The third-order valence-electron chi connectivity index (χ3n) is 2.80. The topological polar surface area (TPSA) is 26.3 Å². The summed E-state index contributed by atoms with van der Waals surface area (Å²) in [7, 11) is 0. The second kappa shape index (κ2) is 7.06. The standard InChI is InChI=1S/C16H14ClFO2/c17-13-5-9-15(10-6-13)20-11-1-2-16(19)12-3-7-14(18)8-4-12/h3-10H,1-2,11H2. The highest BCUT2D eigenvalue weighted by molar-refractivity contribution is 6.30. The fraction of sp³-hybridized carbons (Fsp3) is 0.188. The van der Waals surface area contributed by atoms with E-state index in [1.807, 2.05) is 0 Å². The Morgan fingerprint density at radius 2 is 1.70 bits per heavy atom. The molecule has 0 radical (unpaired) electrons. The average Bonchev–Trinajstić information content (AvgIpc) is 2.46. The number of rotatable bonds is 6. The van der Waals surface area contributed by atoms with Crippen LogP contribution in [0.15, 0.2) is 48.5 Å². The van der Waals surface area contributed by atoms with E-state index in [1.165, 1.54) is 24.3 Å². The van der Waals surface area contributed by atoms with Crippen LogP contribution in [0.2, 0.25) is 5.02 Å². The van der Waals surface area contributed by atoms with Crippen molar-refractivity contribution in [2.24, 2.45) is 0 Å². The van der Waals surface area contributed by atoms with Gasteiger partial charge >= 0.3 is 0 Å². The zero-order valence-electron chi connectivity index (χ0n) is 10.8. The minimum Gasteiger partial charge on any atom is -0.494 e. The maximum Gasteiger partial charge on any atom is 0.163 e. The highest BCUT2D eigenvalue weighted by Gasteiger charge is 2.05. The van der Waals surface area contributed by atoms with Crippen LogP contribution < -0.4 is 4.74 Å². The number of ketones is 1. The van der Waals surface area contributed by atoms with Crippen molar-refractivity contribution in [2.45, 2.75) is 12.8 Å². The van der Waals surface area contributed by atoms with Gasteiger partial charge in [-0.2, -0.15) is 0 Å². The lowest BCUT2D eigenvalue weighted by Gasteiger charge is -2.06. The van der Waals surface area contributed by atoms with Crippen molar-refractivity contribution in [3.8, 4) is 5.75 Å². The molecule has 2 aromatic carbocycles. The Bertz CT molecular complexity index is 564. The molecule has 0 aliphatic heterocycles. The van der Waals surface area contributed by atoms with Gasteiger partial charge in [-0.05, 0) is 55.0 Å². The zero-order valence-corrected chi connectivity index (χ0v) is 11.6. The summed E-state index contributed by atoms with van der Waals surface area (Å²) in [5, 5.41) is 0.656. The Hall–Kier alpha value is -1.87. The molecule has 0 aliphatic rings. The summed E-state index contributed by atoms with van der Waals surface area (Å²) in [6.45, 7) is 0.453. The van der Waals surface area contributed by atoms with E-state index in [0.29, 0.717) is 30.0 Å². The van der Waals surface area contributed by atoms with Gasteiger partial charge in [0.25, 0.3) is 0 Å². The van der Waals surface area contributed by atoms with Crippen molar-refractivity contribution in [3.05, 3.63) is 64.9 Å². The van der Waals surface area contributed by atoms with Crippen molar-refractivity contribution in [3.63, 3.8) is 0 Å². The number of Topliss-reactive ketones (excluding diaryl/α,β-unsaturated/α-hetero) is 1. The van der Waals surface area contributed by atoms with Crippen LogP contribution in [0.5, 0.6) is 5.75 Å². The van der Waals surface area contributed by atoms with Gasteiger partial charge < -0.3 is 4.74 Å².